The molecule has 5 heteroatoms. The molecule has 5 nitrogen and oxygen atoms in total. The molecule has 0 aliphatic rings. The zero-order chi connectivity index (χ0) is 11.4. The molecule has 0 aromatic carbocycles. The van der Waals surface area contributed by atoms with Crippen LogP contribution >= 0.6 is 0 Å². The Labute approximate surface area is 89.4 Å². The van der Waals surface area contributed by atoms with Crippen molar-refractivity contribution in [2.24, 2.45) is 0 Å². The second-order valence-corrected chi connectivity index (χ2v) is 3.58. The van der Waals surface area contributed by atoms with E-state index in [0.29, 0.717) is 13.1 Å². The molecular formula is C10H17N3O2. The number of amides is 1. The third kappa shape index (κ3) is 2.79. The number of aromatic nitrogens is 1. The maximum Gasteiger partial charge on any atom is 0.236 e. The molecule has 84 valence electrons. The van der Waals surface area contributed by atoms with Crippen LogP contribution in [0.1, 0.15) is 17.0 Å². The van der Waals surface area contributed by atoms with Crippen LogP contribution in [0, 0.1) is 13.8 Å². The topological polar surface area (TPSA) is 58.4 Å². The summed E-state index contributed by atoms with van der Waals surface area (Å²) in [6, 6.07) is 0. The third-order valence-corrected chi connectivity index (χ3v) is 2.33. The fourth-order valence-corrected chi connectivity index (χ4v) is 1.34. The van der Waals surface area contributed by atoms with E-state index >= 15 is 0 Å². The molecule has 15 heavy (non-hydrogen) atoms. The van der Waals surface area contributed by atoms with Crippen molar-refractivity contribution in [2.75, 3.05) is 20.6 Å². The van der Waals surface area contributed by atoms with Gasteiger partial charge in [0.05, 0.1) is 18.8 Å². The minimum Gasteiger partial charge on any atom is -0.361 e. The maximum atomic E-state index is 11.5. The minimum absolute atomic E-state index is 0.0532. The zero-order valence-corrected chi connectivity index (χ0v) is 9.63. The Morgan fingerprint density at radius 2 is 2.20 bits per heavy atom. The van der Waals surface area contributed by atoms with Gasteiger partial charge in [-0.15, -0.1) is 0 Å². The molecule has 0 bridgehead atoms. The molecule has 1 heterocycles. The van der Waals surface area contributed by atoms with Crippen LogP contribution in [0.3, 0.4) is 0 Å². The van der Waals surface area contributed by atoms with Gasteiger partial charge in [0.25, 0.3) is 0 Å². The normalized spacial score (nSPS) is 10.4. The van der Waals surface area contributed by atoms with E-state index in [9.17, 15) is 4.79 Å². The molecule has 1 aromatic heterocycles. The summed E-state index contributed by atoms with van der Waals surface area (Å²) in [5.41, 5.74) is 1.83. The van der Waals surface area contributed by atoms with Crippen LogP contribution in [-0.4, -0.2) is 36.6 Å². The first kappa shape index (κ1) is 11.7. The largest absolute Gasteiger partial charge is 0.361 e. The Hall–Kier alpha value is -1.36. The lowest BCUT2D eigenvalue weighted by Gasteiger charge is -2.16. The third-order valence-electron chi connectivity index (χ3n) is 2.33. The summed E-state index contributed by atoms with van der Waals surface area (Å²) in [6.07, 6.45) is 0. The van der Waals surface area contributed by atoms with E-state index in [1.807, 2.05) is 13.8 Å². The standard InChI is InChI=1S/C10H17N3O2/c1-7-9(8(2)15-12-7)6-13(4)10(14)5-11-3/h11H,5-6H2,1-4H3. The van der Waals surface area contributed by atoms with Crippen LogP contribution in [0.25, 0.3) is 0 Å². The highest BCUT2D eigenvalue weighted by molar-refractivity contribution is 5.77. The number of hydrogen-bond donors (Lipinski definition) is 1. The van der Waals surface area contributed by atoms with E-state index in [4.69, 9.17) is 4.52 Å². The molecule has 1 aromatic rings. The molecule has 0 saturated heterocycles. The van der Waals surface area contributed by atoms with Gasteiger partial charge in [-0.05, 0) is 20.9 Å². The van der Waals surface area contributed by atoms with E-state index < -0.39 is 0 Å². The smallest absolute Gasteiger partial charge is 0.236 e. The predicted octanol–water partition coefficient (Wildman–Crippen LogP) is 0.469. The molecule has 0 unspecified atom stereocenters. The first-order valence-electron chi connectivity index (χ1n) is 4.86. The van der Waals surface area contributed by atoms with Gasteiger partial charge in [0, 0.05) is 12.6 Å². The van der Waals surface area contributed by atoms with Crippen molar-refractivity contribution in [1.82, 2.24) is 15.4 Å². The number of carbonyl (C=O) groups excluding carboxylic acids is 1. The average molecular weight is 211 g/mol. The monoisotopic (exact) mass is 211 g/mol. The van der Waals surface area contributed by atoms with Crippen molar-refractivity contribution in [3.63, 3.8) is 0 Å². The molecule has 0 atom stereocenters. The van der Waals surface area contributed by atoms with Gasteiger partial charge >= 0.3 is 0 Å². The van der Waals surface area contributed by atoms with E-state index in [1.165, 1.54) is 0 Å². The van der Waals surface area contributed by atoms with Gasteiger partial charge < -0.3 is 14.7 Å². The molecular weight excluding hydrogens is 194 g/mol. The Morgan fingerprint density at radius 1 is 1.53 bits per heavy atom. The van der Waals surface area contributed by atoms with E-state index in [-0.39, 0.29) is 5.91 Å². The van der Waals surface area contributed by atoms with Crippen LogP contribution in [0.15, 0.2) is 4.52 Å². The van der Waals surface area contributed by atoms with E-state index in [0.717, 1.165) is 17.0 Å². The van der Waals surface area contributed by atoms with E-state index in [1.54, 1.807) is 19.0 Å². The van der Waals surface area contributed by atoms with E-state index in [2.05, 4.69) is 10.5 Å². The lowest BCUT2D eigenvalue weighted by atomic mass is 10.2. The van der Waals surface area contributed by atoms with Crippen molar-refractivity contribution < 1.29 is 9.32 Å². The number of nitrogens with zero attached hydrogens (tertiary/aromatic N) is 2. The number of hydrogen-bond acceptors (Lipinski definition) is 4. The van der Waals surface area contributed by atoms with Crippen LogP contribution in [0.2, 0.25) is 0 Å². The fraction of sp³-hybridized carbons (Fsp3) is 0.600. The summed E-state index contributed by atoms with van der Waals surface area (Å²) in [5.74, 6) is 0.828. The van der Waals surface area contributed by atoms with Gasteiger partial charge in [-0.25, -0.2) is 0 Å². The fourth-order valence-electron chi connectivity index (χ4n) is 1.34. The molecule has 0 radical (unpaired) electrons. The first-order chi connectivity index (χ1) is 7.06. The van der Waals surface area contributed by atoms with Gasteiger partial charge in [0.1, 0.15) is 5.76 Å². The van der Waals surface area contributed by atoms with Crippen molar-refractivity contribution >= 4 is 5.91 Å². The number of carbonyl (C=O) groups is 1. The Kier molecular flexibility index (Phi) is 3.85. The summed E-state index contributed by atoms with van der Waals surface area (Å²) in [7, 11) is 3.52. The number of nitrogens with one attached hydrogen (secondary N) is 1. The van der Waals surface area contributed by atoms with Crippen molar-refractivity contribution in [3.8, 4) is 0 Å². The Balaban J connectivity index is 2.66. The summed E-state index contributed by atoms with van der Waals surface area (Å²) < 4.78 is 5.03. The number of aryl methyl sites for hydroxylation is 2. The molecule has 0 aliphatic carbocycles. The van der Waals surface area contributed by atoms with Gasteiger partial charge in [-0.1, -0.05) is 5.16 Å². The highest BCUT2D eigenvalue weighted by atomic mass is 16.5. The van der Waals surface area contributed by atoms with Gasteiger partial charge in [-0.2, -0.15) is 0 Å². The molecule has 0 fully saturated rings. The molecule has 1 N–H and O–H groups in total. The van der Waals surface area contributed by atoms with Gasteiger partial charge in [-0.3, -0.25) is 4.79 Å². The maximum absolute atomic E-state index is 11.5. The van der Waals surface area contributed by atoms with Crippen molar-refractivity contribution in [1.29, 1.82) is 0 Å². The minimum atomic E-state index is 0.0532. The molecule has 0 saturated carbocycles. The molecule has 0 aliphatic heterocycles. The van der Waals surface area contributed by atoms with Gasteiger partial charge in [0.15, 0.2) is 0 Å². The highest BCUT2D eigenvalue weighted by Crippen LogP contribution is 2.13. The first-order valence-corrected chi connectivity index (χ1v) is 4.86. The lowest BCUT2D eigenvalue weighted by molar-refractivity contribution is -0.129. The average Bonchev–Trinajstić information content (AvgIpc) is 2.49. The summed E-state index contributed by atoms with van der Waals surface area (Å²) in [6.45, 7) is 4.62. The number of likely N-dealkylation sites (N-methyl/N-ethyl adjacent to an activating group) is 2. The summed E-state index contributed by atoms with van der Waals surface area (Å²) in [4.78, 5) is 13.2. The molecule has 1 amide bonds. The second-order valence-electron chi connectivity index (χ2n) is 3.58. The molecule has 0 spiro atoms. The zero-order valence-electron chi connectivity index (χ0n) is 9.63. The highest BCUT2D eigenvalue weighted by Gasteiger charge is 2.14. The van der Waals surface area contributed by atoms with Crippen molar-refractivity contribution in [3.05, 3.63) is 17.0 Å². The summed E-state index contributed by atoms with van der Waals surface area (Å²) in [5, 5.41) is 6.67. The SMILES string of the molecule is CNCC(=O)N(C)Cc1c(C)noc1C. The molecule has 1 rings (SSSR count). The van der Waals surface area contributed by atoms with Crippen LogP contribution < -0.4 is 5.32 Å². The number of rotatable bonds is 4. The Bertz CT molecular complexity index is 327. The van der Waals surface area contributed by atoms with Crippen LogP contribution in [-0.2, 0) is 11.3 Å². The Morgan fingerprint density at radius 3 is 2.67 bits per heavy atom. The predicted molar refractivity (Wildman–Crippen MR) is 56.4 cm³/mol. The quantitative estimate of drug-likeness (QED) is 0.786. The van der Waals surface area contributed by atoms with Crippen LogP contribution in [0.5, 0.6) is 0 Å². The van der Waals surface area contributed by atoms with Crippen LogP contribution in [0.4, 0.5) is 0 Å². The second kappa shape index (κ2) is 4.93. The van der Waals surface area contributed by atoms with Crippen molar-refractivity contribution in [2.45, 2.75) is 20.4 Å². The van der Waals surface area contributed by atoms with Gasteiger partial charge in [0.2, 0.25) is 5.91 Å². The lowest BCUT2D eigenvalue weighted by Crippen LogP contribution is -2.33. The summed E-state index contributed by atoms with van der Waals surface area (Å²) >= 11 is 0.